The number of hydrogen-bond donors (Lipinski definition) is 0. The van der Waals surface area contributed by atoms with Crippen LogP contribution in [0.25, 0.3) is 0 Å². The number of carbonyl (C=O) groups is 1. The Morgan fingerprint density at radius 3 is 2.50 bits per heavy atom. The maximum Gasteiger partial charge on any atom is 0.242 e. The molecule has 1 fully saturated rings. The van der Waals surface area contributed by atoms with Crippen LogP contribution in [-0.2, 0) is 11.2 Å². The molecule has 0 heterocycles. The lowest BCUT2D eigenvalue weighted by atomic mass is 9.74. The van der Waals surface area contributed by atoms with Gasteiger partial charge in [0, 0.05) is 13.6 Å². The van der Waals surface area contributed by atoms with Crippen molar-refractivity contribution in [3.05, 3.63) is 35.9 Å². The van der Waals surface area contributed by atoms with Gasteiger partial charge in [-0.3, -0.25) is 4.79 Å². The Kier molecular flexibility index (Phi) is 4.79. The molecule has 0 bridgehead atoms. The second-order valence-corrected chi connectivity index (χ2v) is 5.72. The van der Waals surface area contributed by atoms with E-state index in [0.29, 0.717) is 6.54 Å². The first kappa shape index (κ1) is 14.6. The average molecular weight is 270 g/mol. The zero-order chi connectivity index (χ0) is 14.4. The van der Waals surface area contributed by atoms with Gasteiger partial charge in [0.2, 0.25) is 5.91 Å². The van der Waals surface area contributed by atoms with E-state index in [1.54, 1.807) is 4.90 Å². The topological polar surface area (TPSA) is 44.1 Å². The molecule has 0 aliphatic heterocycles. The summed E-state index contributed by atoms with van der Waals surface area (Å²) in [5.41, 5.74) is 0.464. The van der Waals surface area contributed by atoms with Gasteiger partial charge in [0.05, 0.1) is 6.07 Å². The van der Waals surface area contributed by atoms with Crippen LogP contribution in [0.2, 0.25) is 0 Å². The van der Waals surface area contributed by atoms with Gasteiger partial charge in [-0.15, -0.1) is 0 Å². The SMILES string of the molecule is CN(CCc1ccccc1)C(=O)C1(C#N)CCCCC1. The molecule has 0 saturated heterocycles. The van der Waals surface area contributed by atoms with E-state index in [4.69, 9.17) is 0 Å². The van der Waals surface area contributed by atoms with E-state index in [-0.39, 0.29) is 5.91 Å². The third-order valence-corrected chi connectivity index (χ3v) is 4.26. The standard InChI is InChI=1S/C17H22N2O/c1-19(13-10-15-8-4-2-5-9-15)16(20)17(14-18)11-6-3-7-12-17/h2,4-5,8-9H,3,6-7,10-13H2,1H3. The minimum absolute atomic E-state index is 0.00984. The number of hydrogen-bond acceptors (Lipinski definition) is 2. The predicted molar refractivity (Wildman–Crippen MR) is 78.9 cm³/mol. The molecule has 20 heavy (non-hydrogen) atoms. The molecule has 0 spiro atoms. The number of rotatable bonds is 4. The summed E-state index contributed by atoms with van der Waals surface area (Å²) in [4.78, 5) is 14.3. The third kappa shape index (κ3) is 3.19. The monoisotopic (exact) mass is 270 g/mol. The summed E-state index contributed by atoms with van der Waals surface area (Å²) in [5.74, 6) is 0.00984. The van der Waals surface area contributed by atoms with E-state index in [9.17, 15) is 10.1 Å². The highest BCUT2D eigenvalue weighted by molar-refractivity contribution is 5.85. The lowest BCUT2D eigenvalue weighted by molar-refractivity contribution is -0.139. The van der Waals surface area contributed by atoms with E-state index in [1.165, 1.54) is 5.56 Å². The van der Waals surface area contributed by atoms with Gasteiger partial charge in [-0.1, -0.05) is 49.6 Å². The van der Waals surface area contributed by atoms with Crippen LogP contribution in [0.15, 0.2) is 30.3 Å². The Labute approximate surface area is 121 Å². The summed E-state index contributed by atoms with van der Waals surface area (Å²) in [6, 6.07) is 12.5. The molecule has 3 nitrogen and oxygen atoms in total. The number of benzene rings is 1. The fraction of sp³-hybridized carbons (Fsp3) is 0.529. The molecule has 1 aromatic carbocycles. The van der Waals surface area contributed by atoms with Crippen LogP contribution in [-0.4, -0.2) is 24.4 Å². The van der Waals surface area contributed by atoms with Crippen molar-refractivity contribution in [2.75, 3.05) is 13.6 Å². The summed E-state index contributed by atoms with van der Waals surface area (Å²) < 4.78 is 0. The quantitative estimate of drug-likeness (QED) is 0.843. The lowest BCUT2D eigenvalue weighted by Gasteiger charge is -2.33. The van der Waals surface area contributed by atoms with Crippen molar-refractivity contribution in [3.8, 4) is 6.07 Å². The number of carbonyl (C=O) groups excluding carboxylic acids is 1. The minimum Gasteiger partial charge on any atom is -0.344 e. The van der Waals surface area contributed by atoms with E-state index < -0.39 is 5.41 Å². The number of amides is 1. The molecule has 0 N–H and O–H groups in total. The maximum absolute atomic E-state index is 12.6. The van der Waals surface area contributed by atoms with Crippen LogP contribution in [0, 0.1) is 16.7 Å². The first-order valence-corrected chi connectivity index (χ1v) is 7.39. The zero-order valence-electron chi connectivity index (χ0n) is 12.1. The predicted octanol–water partition coefficient (Wildman–Crippen LogP) is 3.16. The van der Waals surface area contributed by atoms with Crippen LogP contribution in [0.4, 0.5) is 0 Å². The molecule has 0 aromatic heterocycles. The molecule has 0 radical (unpaired) electrons. The molecule has 1 aliphatic rings. The number of nitrogens with zero attached hydrogens (tertiary/aromatic N) is 2. The minimum atomic E-state index is -0.760. The van der Waals surface area contributed by atoms with E-state index in [1.807, 2.05) is 25.2 Å². The molecular weight excluding hydrogens is 248 g/mol. The largest absolute Gasteiger partial charge is 0.344 e. The third-order valence-electron chi connectivity index (χ3n) is 4.26. The second-order valence-electron chi connectivity index (χ2n) is 5.72. The molecule has 3 heteroatoms. The molecule has 1 saturated carbocycles. The Balaban J connectivity index is 1.96. The molecule has 1 aromatic rings. The van der Waals surface area contributed by atoms with Gasteiger partial charge in [0.1, 0.15) is 5.41 Å². The molecule has 2 rings (SSSR count). The van der Waals surface area contributed by atoms with Crippen molar-refractivity contribution in [1.82, 2.24) is 4.90 Å². The van der Waals surface area contributed by atoms with Crippen molar-refractivity contribution >= 4 is 5.91 Å². The van der Waals surface area contributed by atoms with E-state index in [0.717, 1.165) is 38.5 Å². The summed E-state index contributed by atoms with van der Waals surface area (Å²) in [7, 11) is 1.82. The van der Waals surface area contributed by atoms with Gasteiger partial charge in [-0.05, 0) is 24.8 Å². The average Bonchev–Trinajstić information content (AvgIpc) is 2.53. The van der Waals surface area contributed by atoms with Gasteiger partial charge in [-0.2, -0.15) is 5.26 Å². The van der Waals surface area contributed by atoms with Crippen molar-refractivity contribution in [3.63, 3.8) is 0 Å². The molecule has 0 unspecified atom stereocenters. The fourth-order valence-electron chi connectivity index (χ4n) is 2.94. The highest BCUT2D eigenvalue weighted by Gasteiger charge is 2.41. The summed E-state index contributed by atoms with van der Waals surface area (Å²) in [5, 5.41) is 9.45. The number of likely N-dealkylation sites (N-methyl/N-ethyl adjacent to an activating group) is 1. The Morgan fingerprint density at radius 1 is 1.25 bits per heavy atom. The van der Waals surface area contributed by atoms with Crippen molar-refractivity contribution in [2.45, 2.75) is 38.5 Å². The normalized spacial score (nSPS) is 17.2. The Hall–Kier alpha value is -1.82. The molecule has 1 amide bonds. The van der Waals surface area contributed by atoms with Gasteiger partial charge in [0.15, 0.2) is 0 Å². The van der Waals surface area contributed by atoms with Crippen LogP contribution in [0.3, 0.4) is 0 Å². The molecule has 106 valence electrons. The molecular formula is C17H22N2O. The van der Waals surface area contributed by atoms with Gasteiger partial charge < -0.3 is 4.90 Å². The zero-order valence-corrected chi connectivity index (χ0v) is 12.1. The first-order valence-electron chi connectivity index (χ1n) is 7.39. The van der Waals surface area contributed by atoms with Crippen molar-refractivity contribution in [2.24, 2.45) is 5.41 Å². The van der Waals surface area contributed by atoms with E-state index >= 15 is 0 Å². The smallest absolute Gasteiger partial charge is 0.242 e. The highest BCUT2D eigenvalue weighted by atomic mass is 16.2. The second kappa shape index (κ2) is 6.56. The lowest BCUT2D eigenvalue weighted by Crippen LogP contribution is -2.43. The van der Waals surface area contributed by atoms with Crippen LogP contribution >= 0.6 is 0 Å². The van der Waals surface area contributed by atoms with Gasteiger partial charge in [-0.25, -0.2) is 0 Å². The molecule has 0 atom stereocenters. The van der Waals surface area contributed by atoms with Gasteiger partial charge in [0.25, 0.3) is 0 Å². The maximum atomic E-state index is 12.6. The molecule has 1 aliphatic carbocycles. The van der Waals surface area contributed by atoms with Gasteiger partial charge >= 0.3 is 0 Å². The van der Waals surface area contributed by atoms with Crippen LogP contribution < -0.4 is 0 Å². The Morgan fingerprint density at radius 2 is 1.90 bits per heavy atom. The summed E-state index contributed by atoms with van der Waals surface area (Å²) in [6.07, 6.45) is 5.41. The highest BCUT2D eigenvalue weighted by Crippen LogP contribution is 2.37. The van der Waals surface area contributed by atoms with E-state index in [2.05, 4.69) is 18.2 Å². The van der Waals surface area contributed by atoms with Crippen molar-refractivity contribution < 1.29 is 4.79 Å². The van der Waals surface area contributed by atoms with Crippen molar-refractivity contribution in [1.29, 1.82) is 5.26 Å². The van der Waals surface area contributed by atoms with Crippen LogP contribution in [0.1, 0.15) is 37.7 Å². The number of nitriles is 1. The summed E-state index contributed by atoms with van der Waals surface area (Å²) in [6.45, 7) is 0.673. The first-order chi connectivity index (χ1) is 9.68. The summed E-state index contributed by atoms with van der Waals surface area (Å²) >= 11 is 0. The fourth-order valence-corrected chi connectivity index (χ4v) is 2.94. The van der Waals surface area contributed by atoms with Crippen LogP contribution in [0.5, 0.6) is 0 Å². The Bertz CT molecular complexity index is 483.